The zero-order valence-corrected chi connectivity index (χ0v) is 14.0. The molecule has 2 fully saturated rings. The predicted molar refractivity (Wildman–Crippen MR) is 88.0 cm³/mol. The molecule has 0 aromatic carbocycles. The molecule has 1 aliphatic heterocycles. The van der Waals surface area contributed by atoms with E-state index in [1.165, 1.54) is 71.1 Å². The van der Waals surface area contributed by atoms with Crippen LogP contribution in [0.5, 0.6) is 0 Å². The van der Waals surface area contributed by atoms with E-state index in [2.05, 4.69) is 31.0 Å². The van der Waals surface area contributed by atoms with Gasteiger partial charge in [-0.2, -0.15) is 0 Å². The van der Waals surface area contributed by atoms with Gasteiger partial charge in [0, 0.05) is 12.6 Å². The van der Waals surface area contributed by atoms with Gasteiger partial charge in [-0.25, -0.2) is 0 Å². The normalized spacial score (nSPS) is 29.2. The second kappa shape index (κ2) is 8.38. The van der Waals surface area contributed by atoms with E-state index in [0.717, 1.165) is 23.8 Å². The fourth-order valence-corrected chi connectivity index (χ4v) is 4.24. The van der Waals surface area contributed by atoms with Crippen LogP contribution < -0.4 is 5.32 Å². The first-order valence-corrected chi connectivity index (χ1v) is 9.15. The van der Waals surface area contributed by atoms with Gasteiger partial charge >= 0.3 is 0 Å². The molecule has 0 aromatic rings. The fraction of sp³-hybridized carbons (Fsp3) is 1.00. The molecule has 0 spiro atoms. The Hall–Kier alpha value is -0.0800. The SMILES string of the molecule is CCCN(CC1CCNCC1)C1CCCC(C(C)C)C1. The average Bonchev–Trinajstić information content (AvgIpc) is 2.48. The third-order valence-electron chi connectivity index (χ3n) is 5.61. The summed E-state index contributed by atoms with van der Waals surface area (Å²) >= 11 is 0. The van der Waals surface area contributed by atoms with E-state index in [9.17, 15) is 0 Å². The molecule has 2 atom stereocenters. The number of piperidine rings is 1. The lowest BCUT2D eigenvalue weighted by Crippen LogP contribution is -2.44. The third-order valence-corrected chi connectivity index (χ3v) is 5.61. The molecule has 0 aromatic heterocycles. The molecule has 1 saturated carbocycles. The Balaban J connectivity index is 1.88. The second-order valence-corrected chi connectivity index (χ2v) is 7.51. The summed E-state index contributed by atoms with van der Waals surface area (Å²) in [5.74, 6) is 2.79. The number of nitrogens with zero attached hydrogens (tertiary/aromatic N) is 1. The molecule has 1 heterocycles. The van der Waals surface area contributed by atoms with Crippen LogP contribution in [0.4, 0.5) is 0 Å². The Kier molecular flexibility index (Phi) is 6.83. The molecule has 118 valence electrons. The van der Waals surface area contributed by atoms with E-state index in [1.807, 2.05) is 0 Å². The van der Waals surface area contributed by atoms with Crippen LogP contribution in [0.25, 0.3) is 0 Å². The van der Waals surface area contributed by atoms with Crippen LogP contribution in [0.3, 0.4) is 0 Å². The molecular formula is C18H36N2. The Labute approximate surface area is 126 Å². The van der Waals surface area contributed by atoms with Crippen LogP contribution in [0, 0.1) is 17.8 Å². The summed E-state index contributed by atoms with van der Waals surface area (Å²) in [6, 6.07) is 0.881. The molecule has 2 aliphatic rings. The zero-order chi connectivity index (χ0) is 14.4. The van der Waals surface area contributed by atoms with Gasteiger partial charge in [-0.05, 0) is 69.5 Å². The van der Waals surface area contributed by atoms with Crippen LogP contribution >= 0.6 is 0 Å². The number of hydrogen-bond acceptors (Lipinski definition) is 2. The Morgan fingerprint density at radius 3 is 2.50 bits per heavy atom. The van der Waals surface area contributed by atoms with Crippen LogP contribution in [0.15, 0.2) is 0 Å². The highest BCUT2D eigenvalue weighted by atomic mass is 15.2. The molecule has 1 saturated heterocycles. The van der Waals surface area contributed by atoms with Crippen molar-refractivity contribution in [1.29, 1.82) is 0 Å². The van der Waals surface area contributed by atoms with Crippen molar-refractivity contribution in [3.63, 3.8) is 0 Å². The summed E-state index contributed by atoms with van der Waals surface area (Å²) in [4.78, 5) is 2.87. The van der Waals surface area contributed by atoms with Crippen molar-refractivity contribution in [2.75, 3.05) is 26.2 Å². The lowest BCUT2D eigenvalue weighted by molar-refractivity contribution is 0.0917. The monoisotopic (exact) mass is 280 g/mol. The van der Waals surface area contributed by atoms with Crippen molar-refractivity contribution in [2.24, 2.45) is 17.8 Å². The van der Waals surface area contributed by atoms with Crippen molar-refractivity contribution < 1.29 is 0 Å². The van der Waals surface area contributed by atoms with E-state index in [0.29, 0.717) is 0 Å². The lowest BCUT2D eigenvalue weighted by Gasteiger charge is -2.41. The van der Waals surface area contributed by atoms with Gasteiger partial charge in [0.05, 0.1) is 0 Å². The maximum Gasteiger partial charge on any atom is 0.00981 e. The smallest absolute Gasteiger partial charge is 0.00981 e. The van der Waals surface area contributed by atoms with Crippen LogP contribution in [-0.2, 0) is 0 Å². The van der Waals surface area contributed by atoms with Gasteiger partial charge in [-0.1, -0.05) is 33.6 Å². The maximum atomic E-state index is 3.50. The minimum atomic E-state index is 0.875. The van der Waals surface area contributed by atoms with Gasteiger partial charge in [-0.3, -0.25) is 0 Å². The van der Waals surface area contributed by atoms with Crippen molar-refractivity contribution in [3.8, 4) is 0 Å². The Bertz CT molecular complexity index is 258. The maximum absolute atomic E-state index is 3.50. The van der Waals surface area contributed by atoms with Crippen molar-refractivity contribution in [2.45, 2.75) is 71.8 Å². The van der Waals surface area contributed by atoms with Gasteiger partial charge in [-0.15, -0.1) is 0 Å². The van der Waals surface area contributed by atoms with Crippen LogP contribution in [0.1, 0.15) is 65.7 Å². The quantitative estimate of drug-likeness (QED) is 0.793. The number of hydrogen-bond donors (Lipinski definition) is 1. The van der Waals surface area contributed by atoms with E-state index in [4.69, 9.17) is 0 Å². The highest BCUT2D eigenvalue weighted by Gasteiger charge is 2.29. The topological polar surface area (TPSA) is 15.3 Å². The Morgan fingerprint density at radius 1 is 1.10 bits per heavy atom. The molecule has 0 radical (unpaired) electrons. The predicted octanol–water partition coefficient (Wildman–Crippen LogP) is 3.91. The van der Waals surface area contributed by atoms with Crippen molar-refractivity contribution >= 4 is 0 Å². The second-order valence-electron chi connectivity index (χ2n) is 7.51. The third kappa shape index (κ3) is 4.73. The minimum absolute atomic E-state index is 0.875. The summed E-state index contributed by atoms with van der Waals surface area (Å²) in [6.45, 7) is 12.4. The molecule has 0 bridgehead atoms. The summed E-state index contributed by atoms with van der Waals surface area (Å²) in [7, 11) is 0. The van der Waals surface area contributed by atoms with Gasteiger partial charge < -0.3 is 10.2 Å². The first-order valence-electron chi connectivity index (χ1n) is 9.15. The number of nitrogens with one attached hydrogen (secondary N) is 1. The molecule has 2 unspecified atom stereocenters. The van der Waals surface area contributed by atoms with Gasteiger partial charge in [0.1, 0.15) is 0 Å². The van der Waals surface area contributed by atoms with Gasteiger partial charge in [0.25, 0.3) is 0 Å². The lowest BCUT2D eigenvalue weighted by atomic mass is 9.78. The van der Waals surface area contributed by atoms with Crippen molar-refractivity contribution in [1.82, 2.24) is 10.2 Å². The highest BCUT2D eigenvalue weighted by molar-refractivity contribution is 4.83. The summed E-state index contributed by atoms with van der Waals surface area (Å²) in [5.41, 5.74) is 0. The molecule has 2 nitrogen and oxygen atoms in total. The van der Waals surface area contributed by atoms with E-state index < -0.39 is 0 Å². The Morgan fingerprint density at radius 2 is 1.85 bits per heavy atom. The van der Waals surface area contributed by atoms with Gasteiger partial charge in [0.15, 0.2) is 0 Å². The van der Waals surface area contributed by atoms with E-state index in [-0.39, 0.29) is 0 Å². The fourth-order valence-electron chi connectivity index (χ4n) is 4.24. The highest BCUT2D eigenvalue weighted by Crippen LogP contribution is 2.33. The van der Waals surface area contributed by atoms with Gasteiger partial charge in [0.2, 0.25) is 0 Å². The zero-order valence-electron chi connectivity index (χ0n) is 14.0. The summed E-state index contributed by atoms with van der Waals surface area (Å²) < 4.78 is 0. The summed E-state index contributed by atoms with van der Waals surface area (Å²) in [6.07, 6.45) is 9.94. The molecule has 2 heteroatoms. The average molecular weight is 280 g/mol. The minimum Gasteiger partial charge on any atom is -0.317 e. The van der Waals surface area contributed by atoms with Crippen LogP contribution in [0.2, 0.25) is 0 Å². The first-order chi connectivity index (χ1) is 9.70. The molecule has 1 N–H and O–H groups in total. The standard InChI is InChI=1S/C18H36N2/c1-4-12-20(14-16-8-10-19-11-9-16)18-7-5-6-17(13-18)15(2)3/h15-19H,4-14H2,1-3H3. The molecule has 1 aliphatic carbocycles. The van der Waals surface area contributed by atoms with Crippen LogP contribution in [-0.4, -0.2) is 37.1 Å². The molecule has 2 rings (SSSR count). The van der Waals surface area contributed by atoms with E-state index >= 15 is 0 Å². The van der Waals surface area contributed by atoms with Crippen molar-refractivity contribution in [3.05, 3.63) is 0 Å². The molecular weight excluding hydrogens is 244 g/mol. The molecule has 20 heavy (non-hydrogen) atoms. The summed E-state index contributed by atoms with van der Waals surface area (Å²) in [5, 5.41) is 3.50. The first kappa shape index (κ1) is 16.3. The molecule has 0 amide bonds. The number of rotatable bonds is 6. The van der Waals surface area contributed by atoms with E-state index in [1.54, 1.807) is 0 Å². The largest absolute Gasteiger partial charge is 0.317 e.